The maximum Gasteiger partial charge on any atom is 2.00 e. The SMILES string of the molecule is CN(C)C.[Mg+2].[c-]1ccccc1.[c-]1ccccc1. The van der Waals surface area contributed by atoms with Crippen molar-refractivity contribution in [3.05, 3.63) is 72.8 Å². The summed E-state index contributed by atoms with van der Waals surface area (Å²) in [6.45, 7) is 0. The Morgan fingerprint density at radius 3 is 0.882 bits per heavy atom. The monoisotopic (exact) mass is 237 g/mol. The molecule has 0 spiro atoms. The Balaban J connectivity index is 0. The molecule has 0 aliphatic carbocycles. The quantitative estimate of drug-likeness (QED) is 0.503. The molecular weight excluding hydrogens is 218 g/mol. The maximum absolute atomic E-state index is 2.89. The number of hydrogen-bond donors (Lipinski definition) is 0. The number of benzene rings is 2. The van der Waals surface area contributed by atoms with Gasteiger partial charge in [-0.3, -0.25) is 0 Å². The first-order valence-corrected chi connectivity index (χ1v) is 5.16. The van der Waals surface area contributed by atoms with Crippen LogP contribution in [-0.4, -0.2) is 49.1 Å². The predicted molar refractivity (Wildman–Crippen MR) is 75.9 cm³/mol. The smallest absolute Gasteiger partial charge is 0.312 e. The Kier molecular flexibility index (Phi) is 16.5. The summed E-state index contributed by atoms with van der Waals surface area (Å²) in [5, 5.41) is 0. The molecule has 2 heteroatoms. The van der Waals surface area contributed by atoms with Crippen LogP contribution in [0.2, 0.25) is 0 Å². The Morgan fingerprint density at radius 1 is 0.588 bits per heavy atom. The summed E-state index contributed by atoms with van der Waals surface area (Å²) < 4.78 is 0. The third-order valence-corrected chi connectivity index (χ3v) is 1.21. The van der Waals surface area contributed by atoms with E-state index in [1.54, 1.807) is 0 Å². The van der Waals surface area contributed by atoms with Gasteiger partial charge in [-0.15, -0.1) is 0 Å². The molecule has 2 aromatic rings. The van der Waals surface area contributed by atoms with Crippen molar-refractivity contribution in [2.24, 2.45) is 0 Å². The van der Waals surface area contributed by atoms with Crippen LogP contribution in [-0.2, 0) is 0 Å². The van der Waals surface area contributed by atoms with Crippen molar-refractivity contribution < 1.29 is 0 Å². The van der Waals surface area contributed by atoms with Crippen LogP contribution in [0.4, 0.5) is 0 Å². The Labute approximate surface area is 122 Å². The molecule has 0 fully saturated rings. The zero-order valence-corrected chi connectivity index (χ0v) is 12.3. The predicted octanol–water partition coefficient (Wildman–Crippen LogP) is 2.77. The molecule has 0 saturated carbocycles. The topological polar surface area (TPSA) is 3.24 Å². The molecule has 86 valence electrons. The van der Waals surface area contributed by atoms with E-state index < -0.39 is 0 Å². The first kappa shape index (κ1) is 18.5. The van der Waals surface area contributed by atoms with Crippen molar-refractivity contribution in [2.45, 2.75) is 0 Å². The average Bonchev–Trinajstić information content (AvgIpc) is 2.34. The minimum atomic E-state index is 0. The molecule has 0 bridgehead atoms. The van der Waals surface area contributed by atoms with Crippen molar-refractivity contribution >= 4 is 23.1 Å². The van der Waals surface area contributed by atoms with Crippen LogP contribution >= 0.6 is 0 Å². The molecular formula is C15H19MgN. The second kappa shape index (κ2) is 15.2. The Bertz CT molecular complexity index is 220. The Morgan fingerprint density at radius 2 is 0.824 bits per heavy atom. The first-order valence-electron chi connectivity index (χ1n) is 5.16. The van der Waals surface area contributed by atoms with Crippen molar-refractivity contribution in [3.63, 3.8) is 0 Å². The summed E-state index contributed by atoms with van der Waals surface area (Å²) in [6.07, 6.45) is 0. The molecule has 0 atom stereocenters. The molecule has 0 aliphatic rings. The Hall–Kier alpha value is -0.834. The zero-order valence-electron chi connectivity index (χ0n) is 10.9. The van der Waals surface area contributed by atoms with E-state index in [0.29, 0.717) is 0 Å². The molecule has 0 N–H and O–H groups in total. The van der Waals surface area contributed by atoms with E-state index in [4.69, 9.17) is 0 Å². The van der Waals surface area contributed by atoms with Gasteiger partial charge < -0.3 is 4.90 Å². The third kappa shape index (κ3) is 21.1. The van der Waals surface area contributed by atoms with E-state index in [9.17, 15) is 0 Å². The van der Waals surface area contributed by atoms with Gasteiger partial charge in [0.2, 0.25) is 0 Å². The van der Waals surface area contributed by atoms with Gasteiger partial charge in [0.05, 0.1) is 0 Å². The fourth-order valence-corrected chi connectivity index (χ4v) is 0.684. The first-order chi connectivity index (χ1) is 7.73. The van der Waals surface area contributed by atoms with Gasteiger partial charge in [-0.25, -0.2) is 0 Å². The number of rotatable bonds is 0. The summed E-state index contributed by atoms with van der Waals surface area (Å²) >= 11 is 0. The second-order valence-corrected chi connectivity index (χ2v) is 3.50. The third-order valence-electron chi connectivity index (χ3n) is 1.21. The van der Waals surface area contributed by atoms with Crippen LogP contribution in [0.15, 0.2) is 60.7 Å². The van der Waals surface area contributed by atoms with Crippen molar-refractivity contribution in [2.75, 3.05) is 21.1 Å². The van der Waals surface area contributed by atoms with Crippen molar-refractivity contribution in [1.29, 1.82) is 0 Å². The maximum atomic E-state index is 2.89. The summed E-state index contributed by atoms with van der Waals surface area (Å²) in [4.78, 5) is 2.00. The van der Waals surface area contributed by atoms with E-state index in [0.717, 1.165) is 0 Å². The average molecular weight is 238 g/mol. The van der Waals surface area contributed by atoms with E-state index >= 15 is 0 Å². The van der Waals surface area contributed by atoms with Gasteiger partial charge >= 0.3 is 23.1 Å². The van der Waals surface area contributed by atoms with E-state index in [1.807, 2.05) is 86.7 Å². The molecule has 2 rings (SSSR count). The normalized spacial score (nSPS) is 7.76. The van der Waals surface area contributed by atoms with Gasteiger partial charge in [-0.05, 0) is 21.1 Å². The van der Waals surface area contributed by atoms with Gasteiger partial charge in [0.15, 0.2) is 0 Å². The fourth-order valence-electron chi connectivity index (χ4n) is 0.684. The van der Waals surface area contributed by atoms with E-state index in [1.165, 1.54) is 0 Å². The molecule has 0 unspecified atom stereocenters. The van der Waals surface area contributed by atoms with Crippen LogP contribution < -0.4 is 0 Å². The molecule has 0 heterocycles. The molecule has 17 heavy (non-hydrogen) atoms. The van der Waals surface area contributed by atoms with Crippen LogP contribution in [0.5, 0.6) is 0 Å². The second-order valence-electron chi connectivity index (χ2n) is 3.50. The molecule has 0 amide bonds. The van der Waals surface area contributed by atoms with Crippen LogP contribution in [0.1, 0.15) is 0 Å². The fraction of sp³-hybridized carbons (Fsp3) is 0.200. The van der Waals surface area contributed by atoms with Gasteiger partial charge in [0, 0.05) is 0 Å². The summed E-state index contributed by atoms with van der Waals surface area (Å²) in [7, 11) is 6.00. The summed E-state index contributed by atoms with van der Waals surface area (Å²) in [5.74, 6) is 0. The van der Waals surface area contributed by atoms with Gasteiger partial charge in [-0.1, -0.05) is 0 Å². The standard InChI is InChI=1S/2C6H5.C3H9N.Mg/c2*1-2-4-6-5-3-1;1-4(2)3;/h2*1-5H;1-3H3;/q2*-1;;+2. The summed E-state index contributed by atoms with van der Waals surface area (Å²) in [5.41, 5.74) is 0. The number of nitrogens with zero attached hydrogens (tertiary/aromatic N) is 1. The number of hydrogen-bond acceptors (Lipinski definition) is 1. The zero-order chi connectivity index (χ0) is 12.1. The van der Waals surface area contributed by atoms with Gasteiger partial charge in [-0.2, -0.15) is 72.8 Å². The molecule has 0 radical (unpaired) electrons. The van der Waals surface area contributed by atoms with Gasteiger partial charge in [0.25, 0.3) is 0 Å². The van der Waals surface area contributed by atoms with Crippen LogP contribution in [0.25, 0.3) is 0 Å². The molecule has 0 saturated heterocycles. The largest absolute Gasteiger partial charge is 2.00 e. The molecule has 0 aromatic heterocycles. The van der Waals surface area contributed by atoms with E-state index in [2.05, 4.69) is 12.1 Å². The van der Waals surface area contributed by atoms with Crippen LogP contribution in [0.3, 0.4) is 0 Å². The minimum absolute atomic E-state index is 0. The van der Waals surface area contributed by atoms with Crippen LogP contribution in [0, 0.1) is 12.1 Å². The van der Waals surface area contributed by atoms with E-state index in [-0.39, 0.29) is 23.1 Å². The summed E-state index contributed by atoms with van der Waals surface area (Å²) in [6, 6.07) is 25.0. The molecule has 1 nitrogen and oxygen atoms in total. The molecule has 2 aromatic carbocycles. The minimum Gasteiger partial charge on any atom is -0.312 e. The van der Waals surface area contributed by atoms with Crippen molar-refractivity contribution in [3.8, 4) is 0 Å². The van der Waals surface area contributed by atoms with Gasteiger partial charge in [0.1, 0.15) is 0 Å². The van der Waals surface area contributed by atoms with Crippen molar-refractivity contribution in [1.82, 2.24) is 4.90 Å². The molecule has 0 aliphatic heterocycles.